The highest BCUT2D eigenvalue weighted by Crippen LogP contribution is 2.25. The summed E-state index contributed by atoms with van der Waals surface area (Å²) < 4.78 is 5.91. The summed E-state index contributed by atoms with van der Waals surface area (Å²) >= 11 is 0. The molecule has 4 N–H and O–H groups in total. The second-order valence-corrected chi connectivity index (χ2v) is 7.74. The zero-order chi connectivity index (χ0) is 23.3. The van der Waals surface area contributed by atoms with Crippen LogP contribution in [-0.4, -0.2) is 26.1 Å². The highest BCUT2D eigenvalue weighted by Gasteiger charge is 2.17. The quantitative estimate of drug-likeness (QED) is 0.327. The van der Waals surface area contributed by atoms with Gasteiger partial charge in [0.2, 0.25) is 11.8 Å². The lowest BCUT2D eigenvalue weighted by atomic mass is 10.1. The third-order valence-corrected chi connectivity index (χ3v) is 5.39. The van der Waals surface area contributed by atoms with E-state index in [1.165, 1.54) is 0 Å². The number of fused-ring (bicyclic) bond motifs is 1. The van der Waals surface area contributed by atoms with E-state index in [1.807, 2.05) is 78.9 Å². The van der Waals surface area contributed by atoms with E-state index >= 15 is 0 Å². The molecular weight excluding hydrogens is 428 g/mol. The van der Waals surface area contributed by atoms with Crippen molar-refractivity contribution in [2.75, 3.05) is 0 Å². The second-order valence-electron chi connectivity index (χ2n) is 7.74. The van der Waals surface area contributed by atoms with Crippen LogP contribution in [0.15, 0.2) is 91.3 Å². The zero-order valence-electron chi connectivity index (χ0n) is 18.2. The Hall–Kier alpha value is -4.56. The largest absolute Gasteiger partial charge is 0.439 e. The van der Waals surface area contributed by atoms with Gasteiger partial charge < -0.3 is 10.5 Å². The Morgan fingerprint density at radius 3 is 2.65 bits per heavy atom. The van der Waals surface area contributed by atoms with Crippen LogP contribution in [0.4, 0.5) is 0 Å². The molecule has 0 aliphatic carbocycles. The van der Waals surface area contributed by atoms with E-state index in [9.17, 15) is 4.79 Å². The van der Waals surface area contributed by atoms with Crippen molar-refractivity contribution in [3.63, 3.8) is 0 Å². The van der Waals surface area contributed by atoms with Crippen LogP contribution in [0.3, 0.4) is 0 Å². The van der Waals surface area contributed by atoms with Crippen LogP contribution in [0.25, 0.3) is 22.2 Å². The summed E-state index contributed by atoms with van der Waals surface area (Å²) in [5.74, 6) is 0.731. The van der Waals surface area contributed by atoms with Crippen LogP contribution >= 0.6 is 0 Å². The second kappa shape index (κ2) is 9.51. The van der Waals surface area contributed by atoms with E-state index in [-0.39, 0.29) is 0 Å². The predicted molar refractivity (Wildman–Crippen MR) is 129 cm³/mol. The number of aromatic amines is 1. The van der Waals surface area contributed by atoms with Crippen LogP contribution in [0.1, 0.15) is 17.3 Å². The molecule has 3 heterocycles. The summed E-state index contributed by atoms with van der Waals surface area (Å²) in [7, 11) is 0. The lowest BCUT2D eigenvalue weighted by Crippen LogP contribution is -2.33. The SMILES string of the molecule is NC(=O)[C@@H](NCc1ccc2cc(Oc3ccc(-c4ccn[nH]4)cn3)ccc2n1)c1ccccc1. The van der Waals surface area contributed by atoms with Crippen LogP contribution in [-0.2, 0) is 11.3 Å². The van der Waals surface area contributed by atoms with Gasteiger partial charge >= 0.3 is 0 Å². The molecule has 0 spiro atoms. The van der Waals surface area contributed by atoms with E-state index < -0.39 is 11.9 Å². The molecule has 1 atom stereocenters. The maximum Gasteiger partial charge on any atom is 0.239 e. The Morgan fingerprint density at radius 1 is 1.03 bits per heavy atom. The number of hydrogen-bond donors (Lipinski definition) is 3. The summed E-state index contributed by atoms with van der Waals surface area (Å²) in [5, 5.41) is 11.0. The number of pyridine rings is 2. The zero-order valence-corrected chi connectivity index (χ0v) is 18.2. The molecule has 0 aliphatic rings. The van der Waals surface area contributed by atoms with Crippen LogP contribution in [0.5, 0.6) is 11.6 Å². The van der Waals surface area contributed by atoms with Crippen molar-refractivity contribution in [1.29, 1.82) is 0 Å². The number of primary amides is 1. The summed E-state index contributed by atoms with van der Waals surface area (Å²) in [4.78, 5) is 21.0. The number of amides is 1. The van der Waals surface area contributed by atoms with Crippen molar-refractivity contribution < 1.29 is 9.53 Å². The fourth-order valence-corrected chi connectivity index (χ4v) is 3.68. The number of nitrogens with zero attached hydrogens (tertiary/aromatic N) is 3. The minimum absolute atomic E-state index is 0.406. The molecule has 1 amide bonds. The molecule has 5 rings (SSSR count). The fourth-order valence-electron chi connectivity index (χ4n) is 3.68. The van der Waals surface area contributed by atoms with E-state index in [0.717, 1.165) is 33.4 Å². The number of hydrogen-bond acceptors (Lipinski definition) is 6. The molecule has 0 fully saturated rings. The minimum atomic E-state index is -0.582. The number of nitrogens with one attached hydrogen (secondary N) is 2. The van der Waals surface area contributed by atoms with Crippen molar-refractivity contribution in [2.24, 2.45) is 5.73 Å². The van der Waals surface area contributed by atoms with Crippen LogP contribution in [0.2, 0.25) is 0 Å². The fraction of sp³-hybridized carbons (Fsp3) is 0.0769. The first-order valence-electron chi connectivity index (χ1n) is 10.8. The molecular formula is C26H22N6O2. The highest BCUT2D eigenvalue weighted by molar-refractivity contribution is 5.82. The third kappa shape index (κ3) is 4.77. The standard InChI is InChI=1S/C26H22N6O2/c27-26(33)25(17-4-2-1-3-5-17)29-16-20-8-6-18-14-21(9-10-22(18)31-20)34-24-11-7-19(15-28-24)23-12-13-30-32-23/h1-15,25,29H,16H2,(H2,27,33)(H,30,32)/t25-/m0/s1. The molecule has 8 heteroatoms. The van der Waals surface area contributed by atoms with Gasteiger partial charge in [-0.25, -0.2) is 4.98 Å². The molecule has 0 radical (unpaired) electrons. The highest BCUT2D eigenvalue weighted by atomic mass is 16.5. The first-order valence-corrected chi connectivity index (χ1v) is 10.8. The maximum atomic E-state index is 11.9. The Morgan fingerprint density at radius 2 is 1.91 bits per heavy atom. The van der Waals surface area contributed by atoms with Crippen molar-refractivity contribution >= 4 is 16.8 Å². The third-order valence-electron chi connectivity index (χ3n) is 5.39. The normalized spacial score (nSPS) is 11.9. The minimum Gasteiger partial charge on any atom is -0.439 e. The maximum absolute atomic E-state index is 11.9. The molecule has 0 saturated heterocycles. The van der Waals surface area contributed by atoms with E-state index in [2.05, 4.69) is 20.5 Å². The van der Waals surface area contributed by atoms with Gasteiger partial charge in [0.25, 0.3) is 0 Å². The van der Waals surface area contributed by atoms with Gasteiger partial charge in [-0.3, -0.25) is 20.2 Å². The monoisotopic (exact) mass is 450 g/mol. The number of ether oxygens (including phenoxy) is 1. The number of benzene rings is 2. The number of rotatable bonds is 8. The number of nitrogens with two attached hydrogens (primary N) is 1. The van der Waals surface area contributed by atoms with Gasteiger partial charge in [-0.15, -0.1) is 0 Å². The molecule has 2 aromatic carbocycles. The van der Waals surface area contributed by atoms with Gasteiger partial charge in [0.15, 0.2) is 0 Å². The van der Waals surface area contributed by atoms with Crippen LogP contribution < -0.4 is 15.8 Å². The summed E-state index contributed by atoms with van der Waals surface area (Å²) in [5.41, 5.74) is 9.87. The molecule has 8 nitrogen and oxygen atoms in total. The Labute approximate surface area is 195 Å². The van der Waals surface area contributed by atoms with E-state index in [1.54, 1.807) is 12.4 Å². The first kappa shape index (κ1) is 21.3. The Kier molecular flexibility index (Phi) is 5.96. The molecule has 5 aromatic rings. The number of aromatic nitrogens is 4. The van der Waals surface area contributed by atoms with Gasteiger partial charge in [-0.1, -0.05) is 36.4 Å². The van der Waals surface area contributed by atoms with Crippen molar-refractivity contribution in [2.45, 2.75) is 12.6 Å². The van der Waals surface area contributed by atoms with Gasteiger partial charge in [-0.05, 0) is 42.0 Å². The summed E-state index contributed by atoms with van der Waals surface area (Å²) in [6, 6.07) is 24.0. The predicted octanol–water partition coefficient (Wildman–Crippen LogP) is 4.13. The van der Waals surface area contributed by atoms with Gasteiger partial charge in [0.1, 0.15) is 11.8 Å². The summed E-state index contributed by atoms with van der Waals surface area (Å²) in [6.45, 7) is 0.406. The lowest BCUT2D eigenvalue weighted by molar-refractivity contribution is -0.120. The first-order chi connectivity index (χ1) is 16.7. The van der Waals surface area contributed by atoms with Crippen LogP contribution in [0, 0.1) is 0 Å². The number of carbonyl (C=O) groups is 1. The average Bonchev–Trinajstić information content (AvgIpc) is 3.40. The number of H-pyrrole nitrogens is 1. The average molecular weight is 451 g/mol. The van der Waals surface area contributed by atoms with E-state index in [0.29, 0.717) is 18.2 Å². The molecule has 0 bridgehead atoms. The smallest absolute Gasteiger partial charge is 0.239 e. The molecule has 0 unspecified atom stereocenters. The molecule has 34 heavy (non-hydrogen) atoms. The Balaban J connectivity index is 1.27. The topological polar surface area (TPSA) is 119 Å². The van der Waals surface area contributed by atoms with Gasteiger partial charge in [0.05, 0.1) is 16.9 Å². The van der Waals surface area contributed by atoms with E-state index in [4.69, 9.17) is 15.5 Å². The molecule has 0 saturated carbocycles. The number of carbonyl (C=O) groups excluding carboxylic acids is 1. The van der Waals surface area contributed by atoms with Gasteiger partial charge in [-0.2, -0.15) is 5.10 Å². The molecule has 0 aliphatic heterocycles. The lowest BCUT2D eigenvalue weighted by Gasteiger charge is -2.15. The van der Waals surface area contributed by atoms with Crippen molar-refractivity contribution in [1.82, 2.24) is 25.5 Å². The molecule has 168 valence electrons. The van der Waals surface area contributed by atoms with Crippen molar-refractivity contribution in [3.05, 3.63) is 103 Å². The molecule has 3 aromatic heterocycles. The Bertz CT molecular complexity index is 1400. The van der Waals surface area contributed by atoms with Gasteiger partial charge in [0, 0.05) is 36.0 Å². The summed E-state index contributed by atoms with van der Waals surface area (Å²) in [6.07, 6.45) is 3.43. The van der Waals surface area contributed by atoms with Crippen molar-refractivity contribution in [3.8, 4) is 22.9 Å².